The van der Waals surface area contributed by atoms with Crippen LogP contribution in [-0.2, 0) is 67.6 Å². The van der Waals surface area contributed by atoms with Gasteiger partial charge in [0.05, 0.1) is 70.4 Å². The number of carboxylic acids is 1. The van der Waals surface area contributed by atoms with E-state index in [9.17, 15) is 23.8 Å². The molecule has 20 heteroatoms. The van der Waals surface area contributed by atoms with E-state index in [1.54, 1.807) is 6.20 Å². The van der Waals surface area contributed by atoms with Crippen molar-refractivity contribution in [2.75, 3.05) is 58.6 Å². The fourth-order valence-corrected chi connectivity index (χ4v) is 15.8. The number of aryl methyl sites for hydroxylation is 4. The number of carboxylic acid groups (broad SMARTS) is 1. The zero-order valence-electron chi connectivity index (χ0n) is 51.3. The van der Waals surface area contributed by atoms with Gasteiger partial charge in [0, 0.05) is 36.4 Å². The zero-order valence-corrected chi connectivity index (χ0v) is 55.1. The Kier molecular flexibility index (Phi) is 24.3. The molecule has 86 heavy (non-hydrogen) atoms. The van der Waals surface area contributed by atoms with Crippen LogP contribution in [0, 0.1) is 51.4 Å². The molecule has 17 nitrogen and oxygen atoms in total. The van der Waals surface area contributed by atoms with E-state index >= 15 is 0 Å². The molecule has 2 heterocycles. The third-order valence-corrected chi connectivity index (χ3v) is 20.4. The van der Waals surface area contributed by atoms with Crippen molar-refractivity contribution in [1.29, 1.82) is 0 Å². The second kappa shape index (κ2) is 30.7. The van der Waals surface area contributed by atoms with Crippen LogP contribution in [0.3, 0.4) is 0 Å². The van der Waals surface area contributed by atoms with Crippen molar-refractivity contribution in [3.63, 3.8) is 0 Å². The molecule has 456 valence electrons. The minimum Gasteiger partial charge on any atom is -0.870 e. The first-order chi connectivity index (χ1) is 40.5. The Morgan fingerprint density at radius 1 is 0.547 bits per heavy atom. The maximum absolute atomic E-state index is 12.7. The van der Waals surface area contributed by atoms with Crippen molar-refractivity contribution in [2.24, 2.45) is 23.7 Å². The molecule has 0 bridgehead atoms. The molecular weight excluding hydrogens is 1150 g/mol. The third kappa shape index (κ3) is 16.4. The molecule has 6 aromatic rings. The monoisotopic (exact) mass is 1230 g/mol. The zero-order chi connectivity index (χ0) is 59.7. The van der Waals surface area contributed by atoms with E-state index in [1.807, 2.05) is 95.4 Å². The predicted molar refractivity (Wildman–Crippen MR) is 325 cm³/mol. The summed E-state index contributed by atoms with van der Waals surface area (Å²) in [7, 11) is -6.12. The van der Waals surface area contributed by atoms with Gasteiger partial charge in [0.2, 0.25) is 11.8 Å². The van der Waals surface area contributed by atoms with Gasteiger partial charge in [-0.2, -0.15) is 0 Å². The van der Waals surface area contributed by atoms with Crippen molar-refractivity contribution < 1.29 is 101 Å². The summed E-state index contributed by atoms with van der Waals surface area (Å²) in [5, 5.41) is 9.33. The van der Waals surface area contributed by atoms with Crippen molar-refractivity contribution >= 4 is 27.1 Å². The molecule has 2 aromatic heterocycles. The Hall–Kier alpha value is -5.42. The molecule has 0 amide bonds. The first kappa shape index (κ1) is 68.1. The topological polar surface area (TPSA) is 227 Å². The number of carbonyl (C=O) groups is 2. The molecule has 0 saturated heterocycles. The summed E-state index contributed by atoms with van der Waals surface area (Å²) < 4.78 is 76.1. The molecule has 4 aliphatic carbocycles. The van der Waals surface area contributed by atoms with Gasteiger partial charge in [0.1, 0.15) is 24.7 Å². The van der Waals surface area contributed by atoms with Gasteiger partial charge >= 0.3 is 56.7 Å². The number of ether oxygens (including phenoxy) is 5. The molecule has 0 unspecified atom stereocenters. The number of aromatic nitrogens is 2. The Morgan fingerprint density at radius 3 is 1.33 bits per heavy atom. The van der Waals surface area contributed by atoms with Gasteiger partial charge in [-0.25, -0.2) is 9.97 Å². The number of benzene rings is 4. The van der Waals surface area contributed by atoms with Gasteiger partial charge in [-0.05, 0) is 214 Å². The second-order valence-corrected chi connectivity index (χ2v) is 26.3. The summed E-state index contributed by atoms with van der Waals surface area (Å²) in [4.78, 5) is 32.5. The third-order valence-electron chi connectivity index (χ3n) is 16.0. The van der Waals surface area contributed by atoms with Crippen molar-refractivity contribution in [3.05, 3.63) is 153 Å². The van der Waals surface area contributed by atoms with Crippen molar-refractivity contribution in [3.8, 4) is 45.5 Å². The average molecular weight is 1230 g/mol. The summed E-state index contributed by atoms with van der Waals surface area (Å²) in [6, 6.07) is 28.8. The Labute approximate surface area is 528 Å². The van der Waals surface area contributed by atoms with Crippen LogP contribution >= 0.6 is 15.2 Å². The minimum absolute atomic E-state index is 0. The molecule has 2 fully saturated rings. The largest absolute Gasteiger partial charge is 1.00 e. The Morgan fingerprint density at radius 2 is 0.942 bits per heavy atom. The number of rotatable bonds is 29. The van der Waals surface area contributed by atoms with Gasteiger partial charge < -0.3 is 52.4 Å². The van der Waals surface area contributed by atoms with Gasteiger partial charge in [-0.3, -0.25) is 18.7 Å². The van der Waals surface area contributed by atoms with Gasteiger partial charge in [-0.1, -0.05) is 36.4 Å². The predicted octanol–water partition coefficient (Wildman–Crippen LogP) is 11.2. The van der Waals surface area contributed by atoms with E-state index < -0.39 is 21.2 Å². The van der Waals surface area contributed by atoms with Crippen LogP contribution in [0.4, 0.5) is 0 Å². The van der Waals surface area contributed by atoms with Gasteiger partial charge in [-0.15, -0.1) is 0 Å². The molecule has 6 atom stereocenters. The van der Waals surface area contributed by atoms with E-state index in [4.69, 9.17) is 41.8 Å². The van der Waals surface area contributed by atoms with E-state index in [0.717, 1.165) is 96.7 Å². The molecule has 0 aliphatic heterocycles. The van der Waals surface area contributed by atoms with Crippen LogP contribution in [-0.4, -0.2) is 91.1 Å². The number of hydrogen-bond acceptors (Lipinski definition) is 16. The number of fused-ring (bicyclic) bond motifs is 6. The molecule has 2 N–H and O–H groups in total. The van der Waals surface area contributed by atoms with Crippen LogP contribution in [0.15, 0.2) is 97.3 Å². The fraction of sp³-hybridized carbons (Fsp3) is 0.455. The van der Waals surface area contributed by atoms with Crippen LogP contribution in [0.25, 0.3) is 22.3 Å². The van der Waals surface area contributed by atoms with Crippen LogP contribution in [0.5, 0.6) is 23.3 Å². The van der Waals surface area contributed by atoms with E-state index in [-0.39, 0.29) is 70.6 Å². The standard InChI is InChI=1S/C34H42NO7P.C32H38NO7P.Na.H2O/c1-6-38-34(36)33-28-18-26-19-30(35-20-29(26)32(28)33)40-21-24-11-9-12-25(17-24)31-22(4)15-27(16-23(31)5)39-13-10-14-43(37,41-7-2)42-8-3;1-5-39-41(36,40-6-2)12-8-11-37-25-13-20(3)29(21(4)14-25)23-10-7-9-22(15-23)19-38-28-17-24-16-26-30(27(24)18-33-28)31(26)32(34)35;;/h9,11-12,15-17,19-20,28,32-33H,6-8,10,13-14,18,21H2,1-5H3;7,9-10,13-15,17-18,26,30-31H,5-6,8,11-12,16,19H2,1-4H3,(H,34,35);;1H2/q;;+1;/p-1/t28-,32-,33+;26-,30-,31+;;/m11../s1. The average Bonchev–Trinajstić information content (AvgIpc) is 1.57. The molecular formula is C66H81N2NaO15P2. The summed E-state index contributed by atoms with van der Waals surface area (Å²) in [6.07, 6.45) is 7.13. The summed E-state index contributed by atoms with van der Waals surface area (Å²) in [5.41, 5.74) is 15.6. The van der Waals surface area contributed by atoms with Crippen molar-refractivity contribution in [2.45, 2.75) is 113 Å². The Bertz CT molecular complexity index is 3370. The molecule has 4 aliphatic rings. The van der Waals surface area contributed by atoms with E-state index in [0.29, 0.717) is 102 Å². The molecule has 4 aromatic carbocycles. The number of esters is 1. The van der Waals surface area contributed by atoms with Gasteiger partial charge in [0.25, 0.3) is 0 Å². The van der Waals surface area contributed by atoms with Crippen molar-refractivity contribution in [1.82, 2.24) is 9.97 Å². The minimum atomic E-state index is -3.06. The fourth-order valence-electron chi connectivity index (χ4n) is 12.5. The number of carbonyl (C=O) groups excluding carboxylic acids is 1. The first-order valence-corrected chi connectivity index (χ1v) is 33.0. The maximum Gasteiger partial charge on any atom is 1.00 e. The second-order valence-electron chi connectivity index (χ2n) is 22.0. The smallest absolute Gasteiger partial charge is 0.870 e. The summed E-state index contributed by atoms with van der Waals surface area (Å²) >= 11 is 0. The number of hydrogen-bond donors (Lipinski definition) is 1. The number of nitrogens with zero attached hydrogens (tertiary/aromatic N) is 2. The first-order valence-electron chi connectivity index (χ1n) is 29.5. The van der Waals surface area contributed by atoms with E-state index in [2.05, 4.69) is 68.0 Å². The van der Waals surface area contributed by atoms with Crippen LogP contribution < -0.4 is 48.5 Å². The van der Waals surface area contributed by atoms with Crippen LogP contribution in [0.2, 0.25) is 0 Å². The summed E-state index contributed by atoms with van der Waals surface area (Å²) in [6.45, 7) is 20.9. The quantitative estimate of drug-likeness (QED) is 0.0199. The normalized spacial score (nSPS) is 18.3. The SMILES string of the molecule is CCOC(=O)[C@H]1[C@@H]2Cc3cc(OCc4cccc(-c5c(C)cc(OCCCP(=O)(OCC)OCC)cc5C)c4)ncc3[C@@H]21.CCOP(=O)(CCCOc1cc(C)c(-c2cccc(COc3cc4c(cn3)[C@H]3[C@@H](C4)[C@@H]3C(=O)O)c2)c(C)c1)OCC.[Na+].[OH-]. The number of pyridine rings is 2. The molecule has 2 saturated carbocycles. The maximum atomic E-state index is 12.7. The van der Waals surface area contributed by atoms with Gasteiger partial charge in [0.15, 0.2) is 0 Å². The van der Waals surface area contributed by atoms with E-state index in [1.165, 1.54) is 5.56 Å². The number of aliphatic carboxylic acids is 1. The molecule has 0 spiro atoms. The van der Waals surface area contributed by atoms with Crippen LogP contribution in [0.1, 0.15) is 115 Å². The summed E-state index contributed by atoms with van der Waals surface area (Å²) in [5.74, 6) is 2.59. The Balaban J connectivity index is 0.000000241. The molecule has 10 rings (SSSR count). The molecule has 0 radical (unpaired) electrons.